The van der Waals surface area contributed by atoms with Gasteiger partial charge < -0.3 is 0 Å². The molecule has 88 valence electrons. The van der Waals surface area contributed by atoms with Gasteiger partial charge in [-0.2, -0.15) is 5.10 Å². The van der Waals surface area contributed by atoms with E-state index in [1.165, 1.54) is 6.34 Å². The van der Waals surface area contributed by atoms with E-state index in [-0.39, 0.29) is 0 Å². The Kier molecular flexibility index (Phi) is 3.41. The second-order valence-corrected chi connectivity index (χ2v) is 3.84. The van der Waals surface area contributed by atoms with Crippen LogP contribution in [0.5, 0.6) is 0 Å². The molecule has 0 aliphatic rings. The Hall–Kier alpha value is -1.85. The number of nitrogens with one attached hydrogen (secondary N) is 1. The average molecular weight is 251 g/mol. The molecule has 0 aliphatic carbocycles. The molecule has 0 amide bonds. The number of aryl methyl sites for hydroxylation is 1. The Morgan fingerprint density at radius 3 is 2.76 bits per heavy atom. The molecule has 0 radical (unpaired) electrons. The van der Waals surface area contributed by atoms with Gasteiger partial charge in [-0.15, -0.1) is 0 Å². The highest BCUT2D eigenvalue weighted by Gasteiger charge is 2.05. The molecule has 2 aromatic rings. The van der Waals surface area contributed by atoms with E-state index in [1.807, 2.05) is 35.8 Å². The largest absolute Gasteiger partial charge is 0.290 e. The van der Waals surface area contributed by atoms with Crippen molar-refractivity contribution in [3.05, 3.63) is 35.4 Å². The number of nitrogens with zero attached hydrogens (tertiary/aromatic N) is 3. The van der Waals surface area contributed by atoms with Gasteiger partial charge in [0.1, 0.15) is 6.34 Å². The first-order valence-electron chi connectivity index (χ1n) is 4.93. The molecule has 2 N–H and O–H groups in total. The van der Waals surface area contributed by atoms with E-state index in [4.69, 9.17) is 16.8 Å². The predicted molar refractivity (Wildman–Crippen MR) is 66.7 cm³/mol. The van der Waals surface area contributed by atoms with Gasteiger partial charge in [0.2, 0.25) is 0 Å². The van der Waals surface area contributed by atoms with Crippen molar-refractivity contribution in [2.45, 2.75) is 0 Å². The molecule has 0 spiro atoms. The molecule has 17 heavy (non-hydrogen) atoms. The van der Waals surface area contributed by atoms with Crippen LogP contribution in [0.3, 0.4) is 0 Å². The van der Waals surface area contributed by atoms with Crippen molar-refractivity contribution >= 4 is 23.8 Å². The minimum Gasteiger partial charge on any atom is -0.290 e. The summed E-state index contributed by atoms with van der Waals surface area (Å²) >= 11 is 5.82. The summed E-state index contributed by atoms with van der Waals surface area (Å²) in [7, 11) is 1.78. The standard InChI is InChI=1S/C11H11ClN4O/c1-16-11(13-7-14-17)6-10(15-16)8-2-4-9(12)5-3-8/h2-7,17H,1H3,(H,13,14). The molecule has 0 saturated carbocycles. The van der Waals surface area contributed by atoms with Crippen molar-refractivity contribution in [1.29, 1.82) is 0 Å². The van der Waals surface area contributed by atoms with Crippen molar-refractivity contribution in [3.63, 3.8) is 0 Å². The van der Waals surface area contributed by atoms with Gasteiger partial charge in [0, 0.05) is 23.7 Å². The van der Waals surface area contributed by atoms with Gasteiger partial charge in [0.25, 0.3) is 0 Å². The van der Waals surface area contributed by atoms with Crippen LogP contribution in [0, 0.1) is 0 Å². The zero-order chi connectivity index (χ0) is 12.3. The summed E-state index contributed by atoms with van der Waals surface area (Å²) in [6, 6.07) is 9.22. The summed E-state index contributed by atoms with van der Waals surface area (Å²) in [5.74, 6) is 0.636. The molecule has 0 bridgehead atoms. The highest BCUT2D eigenvalue weighted by atomic mass is 35.5. The summed E-state index contributed by atoms with van der Waals surface area (Å²) in [6.07, 6.45) is 1.18. The second kappa shape index (κ2) is 4.99. The minimum atomic E-state index is 0.636. The topological polar surface area (TPSA) is 62.4 Å². The summed E-state index contributed by atoms with van der Waals surface area (Å²) in [6.45, 7) is 0. The van der Waals surface area contributed by atoms with Gasteiger partial charge in [0.15, 0.2) is 5.82 Å². The lowest BCUT2D eigenvalue weighted by Gasteiger charge is -1.95. The quantitative estimate of drug-likeness (QED) is 0.499. The van der Waals surface area contributed by atoms with Crippen LogP contribution in [0.25, 0.3) is 11.3 Å². The number of hydroxylamine groups is 1. The second-order valence-electron chi connectivity index (χ2n) is 3.41. The van der Waals surface area contributed by atoms with E-state index >= 15 is 0 Å². The van der Waals surface area contributed by atoms with Crippen LogP contribution in [0.15, 0.2) is 35.3 Å². The van der Waals surface area contributed by atoms with E-state index in [1.54, 1.807) is 11.7 Å². The first-order chi connectivity index (χ1) is 8.20. The minimum absolute atomic E-state index is 0.636. The monoisotopic (exact) mass is 250 g/mol. The van der Waals surface area contributed by atoms with Crippen molar-refractivity contribution in [3.8, 4) is 11.3 Å². The molecule has 0 unspecified atom stereocenters. The maximum absolute atomic E-state index is 8.43. The summed E-state index contributed by atoms with van der Waals surface area (Å²) in [5, 5.41) is 13.4. The molecule has 0 fully saturated rings. The van der Waals surface area contributed by atoms with E-state index in [0.29, 0.717) is 10.8 Å². The van der Waals surface area contributed by atoms with Gasteiger partial charge >= 0.3 is 0 Å². The highest BCUT2D eigenvalue weighted by molar-refractivity contribution is 6.30. The Morgan fingerprint density at radius 2 is 2.12 bits per heavy atom. The van der Waals surface area contributed by atoms with Gasteiger partial charge in [0.05, 0.1) is 5.69 Å². The number of benzene rings is 1. The molecule has 2 rings (SSSR count). The average Bonchev–Trinajstić information content (AvgIpc) is 2.69. The van der Waals surface area contributed by atoms with Crippen LogP contribution in [0.2, 0.25) is 5.02 Å². The lowest BCUT2D eigenvalue weighted by atomic mass is 10.1. The number of hydrogen-bond donors (Lipinski definition) is 2. The van der Waals surface area contributed by atoms with Crippen molar-refractivity contribution in [1.82, 2.24) is 15.3 Å². The maximum atomic E-state index is 8.43. The van der Waals surface area contributed by atoms with E-state index in [0.717, 1.165) is 11.3 Å². The van der Waals surface area contributed by atoms with E-state index < -0.39 is 0 Å². The van der Waals surface area contributed by atoms with Gasteiger partial charge in [-0.3, -0.25) is 15.4 Å². The molecule has 0 aliphatic heterocycles. The molecule has 5 nitrogen and oxygen atoms in total. The summed E-state index contributed by atoms with van der Waals surface area (Å²) in [5.41, 5.74) is 3.61. The molecular weight excluding hydrogens is 240 g/mol. The first-order valence-corrected chi connectivity index (χ1v) is 5.30. The molecule has 1 aromatic heterocycles. The van der Waals surface area contributed by atoms with Gasteiger partial charge in [-0.05, 0) is 12.1 Å². The van der Waals surface area contributed by atoms with Crippen LogP contribution in [-0.4, -0.2) is 21.3 Å². The van der Waals surface area contributed by atoms with E-state index in [9.17, 15) is 0 Å². The Morgan fingerprint density at radius 1 is 1.41 bits per heavy atom. The number of halogens is 1. The number of rotatable bonds is 3. The van der Waals surface area contributed by atoms with E-state index in [2.05, 4.69) is 10.1 Å². The number of hydrogen-bond acceptors (Lipinski definition) is 3. The fourth-order valence-electron chi connectivity index (χ4n) is 1.43. The zero-order valence-electron chi connectivity index (χ0n) is 9.13. The molecular formula is C11H11ClN4O. The van der Waals surface area contributed by atoms with Gasteiger partial charge in [-0.1, -0.05) is 23.7 Å². The Bertz CT molecular complexity index is 533. The zero-order valence-corrected chi connectivity index (χ0v) is 9.89. The lowest BCUT2D eigenvalue weighted by molar-refractivity contribution is 0.240. The highest BCUT2D eigenvalue weighted by Crippen LogP contribution is 2.23. The number of aliphatic imine (C=N–C) groups is 1. The van der Waals surface area contributed by atoms with Crippen LogP contribution in [0.1, 0.15) is 0 Å². The molecule has 0 saturated heterocycles. The molecule has 1 heterocycles. The van der Waals surface area contributed by atoms with Crippen LogP contribution in [-0.2, 0) is 7.05 Å². The fraction of sp³-hybridized carbons (Fsp3) is 0.0909. The Balaban J connectivity index is 2.34. The van der Waals surface area contributed by atoms with Crippen LogP contribution in [0.4, 0.5) is 5.82 Å². The smallest absolute Gasteiger partial charge is 0.152 e. The van der Waals surface area contributed by atoms with Crippen LogP contribution < -0.4 is 5.48 Å². The lowest BCUT2D eigenvalue weighted by Crippen LogP contribution is -2.01. The van der Waals surface area contributed by atoms with Crippen molar-refractivity contribution in [2.75, 3.05) is 0 Å². The first kappa shape index (κ1) is 11.6. The number of aromatic nitrogens is 2. The summed E-state index contributed by atoms with van der Waals surface area (Å²) in [4.78, 5) is 3.98. The Labute approximate surface area is 103 Å². The van der Waals surface area contributed by atoms with Crippen molar-refractivity contribution < 1.29 is 5.21 Å². The van der Waals surface area contributed by atoms with Crippen molar-refractivity contribution in [2.24, 2.45) is 12.0 Å². The maximum Gasteiger partial charge on any atom is 0.152 e. The summed E-state index contributed by atoms with van der Waals surface area (Å²) < 4.78 is 1.62. The normalized spacial score (nSPS) is 11.0. The fourth-order valence-corrected chi connectivity index (χ4v) is 1.56. The third-order valence-electron chi connectivity index (χ3n) is 2.25. The molecule has 0 atom stereocenters. The van der Waals surface area contributed by atoms with Crippen LogP contribution >= 0.6 is 11.6 Å². The third-order valence-corrected chi connectivity index (χ3v) is 2.50. The molecule has 6 heteroatoms. The SMILES string of the molecule is Cn1nc(-c2ccc(Cl)cc2)cc1/N=C/NO. The third kappa shape index (κ3) is 2.64. The van der Waals surface area contributed by atoms with Gasteiger partial charge in [-0.25, -0.2) is 4.99 Å². The predicted octanol–water partition coefficient (Wildman–Crippen LogP) is 2.38. The molecule has 1 aromatic carbocycles.